The van der Waals surface area contributed by atoms with E-state index in [4.69, 9.17) is 4.74 Å². The molecule has 100 valence electrons. The van der Waals surface area contributed by atoms with Gasteiger partial charge in [0, 0.05) is 0 Å². The van der Waals surface area contributed by atoms with E-state index in [0.29, 0.717) is 17.3 Å². The molecule has 19 heavy (non-hydrogen) atoms. The Bertz CT molecular complexity index is 578. The summed E-state index contributed by atoms with van der Waals surface area (Å²) in [7, 11) is 0. The third-order valence-corrected chi connectivity index (χ3v) is 2.30. The number of carbonyl (C=O) groups is 1. The Morgan fingerprint density at radius 1 is 1.37 bits per heavy atom. The molecule has 0 spiro atoms. The number of benzene rings is 1. The van der Waals surface area contributed by atoms with Crippen LogP contribution in [0.2, 0.25) is 0 Å². The molecule has 6 nitrogen and oxygen atoms in total. The quantitative estimate of drug-likeness (QED) is 0.882. The molecule has 1 aromatic carbocycles. The second-order valence-electron chi connectivity index (χ2n) is 4.36. The molecule has 0 unspecified atom stereocenters. The predicted molar refractivity (Wildman–Crippen MR) is 71.3 cm³/mol. The summed E-state index contributed by atoms with van der Waals surface area (Å²) < 4.78 is 5.62. The van der Waals surface area contributed by atoms with Crippen LogP contribution in [-0.2, 0) is 0 Å². The van der Waals surface area contributed by atoms with E-state index in [9.17, 15) is 4.79 Å². The van der Waals surface area contributed by atoms with Crippen LogP contribution in [0.1, 0.15) is 30.3 Å². The number of hydrogen-bond acceptors (Lipinski definition) is 4. The number of nitrogens with one attached hydrogen (secondary N) is 2. The van der Waals surface area contributed by atoms with Crippen LogP contribution >= 0.6 is 0 Å². The van der Waals surface area contributed by atoms with Crippen molar-refractivity contribution in [2.45, 2.75) is 26.9 Å². The molecule has 0 saturated heterocycles. The Morgan fingerprint density at radius 3 is 2.74 bits per heavy atom. The van der Waals surface area contributed by atoms with Crippen molar-refractivity contribution in [1.82, 2.24) is 15.2 Å². The van der Waals surface area contributed by atoms with Crippen molar-refractivity contribution in [2.24, 2.45) is 0 Å². The number of para-hydroxylation sites is 2. The molecule has 2 rings (SSSR count). The number of rotatable bonds is 4. The van der Waals surface area contributed by atoms with Gasteiger partial charge in [-0.2, -0.15) is 0 Å². The van der Waals surface area contributed by atoms with Crippen molar-refractivity contribution in [1.29, 1.82) is 0 Å². The molecule has 1 heterocycles. The molecule has 0 fully saturated rings. The fraction of sp³-hybridized carbons (Fsp3) is 0.308. The summed E-state index contributed by atoms with van der Waals surface area (Å²) in [4.78, 5) is 15.9. The average molecular weight is 260 g/mol. The van der Waals surface area contributed by atoms with Gasteiger partial charge in [-0.25, -0.2) is 4.98 Å². The third kappa shape index (κ3) is 3.31. The van der Waals surface area contributed by atoms with Crippen LogP contribution in [0.15, 0.2) is 24.3 Å². The van der Waals surface area contributed by atoms with Gasteiger partial charge in [0.15, 0.2) is 0 Å². The van der Waals surface area contributed by atoms with Crippen LogP contribution in [0.3, 0.4) is 0 Å². The number of amides is 1. The van der Waals surface area contributed by atoms with Crippen molar-refractivity contribution in [2.75, 3.05) is 5.32 Å². The van der Waals surface area contributed by atoms with Gasteiger partial charge in [-0.1, -0.05) is 12.1 Å². The van der Waals surface area contributed by atoms with Crippen LogP contribution in [-0.4, -0.2) is 27.2 Å². The predicted octanol–water partition coefficient (Wildman–Crippen LogP) is 2.15. The van der Waals surface area contributed by atoms with Crippen LogP contribution in [0.4, 0.5) is 5.69 Å². The minimum Gasteiger partial charge on any atom is -0.489 e. The fourth-order valence-corrected chi connectivity index (χ4v) is 1.55. The molecule has 1 amide bonds. The highest BCUT2D eigenvalue weighted by Gasteiger charge is 2.14. The normalized spacial score (nSPS) is 10.5. The van der Waals surface area contributed by atoms with Gasteiger partial charge in [-0.15, -0.1) is 5.10 Å². The van der Waals surface area contributed by atoms with E-state index in [1.165, 1.54) is 0 Å². The number of ether oxygens (including phenoxy) is 1. The first-order chi connectivity index (χ1) is 9.06. The molecule has 0 bridgehead atoms. The van der Waals surface area contributed by atoms with Crippen LogP contribution in [0, 0.1) is 6.92 Å². The molecule has 6 heteroatoms. The van der Waals surface area contributed by atoms with Crippen LogP contribution in [0.5, 0.6) is 5.75 Å². The van der Waals surface area contributed by atoms with Crippen molar-refractivity contribution in [3.63, 3.8) is 0 Å². The molecule has 1 aromatic heterocycles. The maximum absolute atomic E-state index is 12.0. The standard InChI is InChI=1S/C13H16N4O2/c1-8(2)19-11-7-5-4-6-10(11)15-13(18)12-14-9(3)16-17-12/h4-8H,1-3H3,(H,15,18)(H,14,16,17). The molecule has 2 N–H and O–H groups in total. The van der Waals surface area contributed by atoms with Crippen molar-refractivity contribution in [3.8, 4) is 5.75 Å². The molecule has 0 saturated carbocycles. The Hall–Kier alpha value is -2.37. The SMILES string of the molecule is Cc1nc(C(=O)Nc2ccccc2OC(C)C)n[nH]1. The van der Waals surface area contributed by atoms with E-state index < -0.39 is 0 Å². The molecular formula is C13H16N4O2. The van der Waals surface area contributed by atoms with Crippen molar-refractivity contribution < 1.29 is 9.53 Å². The summed E-state index contributed by atoms with van der Waals surface area (Å²) in [6.07, 6.45) is 0.0313. The number of aromatic amines is 1. The summed E-state index contributed by atoms with van der Waals surface area (Å²) in [5.41, 5.74) is 0.601. The van der Waals surface area contributed by atoms with Crippen molar-refractivity contribution in [3.05, 3.63) is 35.9 Å². The Kier molecular flexibility index (Phi) is 3.79. The minimum atomic E-state index is -0.371. The number of aromatic nitrogens is 3. The van der Waals surface area contributed by atoms with Gasteiger partial charge in [-0.3, -0.25) is 9.89 Å². The molecule has 0 atom stereocenters. The maximum atomic E-state index is 12.0. The highest BCUT2D eigenvalue weighted by atomic mass is 16.5. The van der Waals surface area contributed by atoms with Gasteiger partial charge < -0.3 is 10.1 Å². The first kappa shape index (κ1) is 13.1. The Morgan fingerprint density at radius 2 is 2.11 bits per heavy atom. The van der Waals surface area contributed by atoms with Crippen molar-refractivity contribution >= 4 is 11.6 Å². The van der Waals surface area contributed by atoms with E-state index >= 15 is 0 Å². The average Bonchev–Trinajstić information content (AvgIpc) is 2.78. The second kappa shape index (κ2) is 5.51. The number of nitrogens with zero attached hydrogens (tertiary/aromatic N) is 2. The number of carbonyl (C=O) groups excluding carboxylic acids is 1. The van der Waals surface area contributed by atoms with Gasteiger partial charge in [0.25, 0.3) is 5.91 Å². The van der Waals surface area contributed by atoms with Gasteiger partial charge >= 0.3 is 0 Å². The topological polar surface area (TPSA) is 79.9 Å². The molecule has 0 aliphatic carbocycles. The number of anilines is 1. The van der Waals surface area contributed by atoms with E-state index in [1.807, 2.05) is 26.0 Å². The second-order valence-corrected chi connectivity index (χ2v) is 4.36. The molecule has 0 aliphatic heterocycles. The summed E-state index contributed by atoms with van der Waals surface area (Å²) in [5.74, 6) is 0.955. The molecule has 0 radical (unpaired) electrons. The fourth-order valence-electron chi connectivity index (χ4n) is 1.55. The van der Waals surface area contributed by atoms with Gasteiger partial charge in [-0.05, 0) is 32.9 Å². The maximum Gasteiger partial charge on any atom is 0.295 e. The Labute approximate surface area is 111 Å². The summed E-state index contributed by atoms with van der Waals surface area (Å²) in [6.45, 7) is 5.59. The monoisotopic (exact) mass is 260 g/mol. The molecule has 0 aliphatic rings. The largest absolute Gasteiger partial charge is 0.489 e. The van der Waals surface area contributed by atoms with E-state index in [2.05, 4.69) is 20.5 Å². The van der Waals surface area contributed by atoms with E-state index in [1.54, 1.807) is 19.1 Å². The van der Waals surface area contributed by atoms with E-state index in [0.717, 1.165) is 0 Å². The minimum absolute atomic E-state index is 0.0313. The lowest BCUT2D eigenvalue weighted by Crippen LogP contribution is -2.15. The van der Waals surface area contributed by atoms with Gasteiger partial charge in [0.2, 0.25) is 5.82 Å². The number of hydrogen-bond donors (Lipinski definition) is 2. The molecule has 2 aromatic rings. The van der Waals surface area contributed by atoms with Crippen LogP contribution < -0.4 is 10.1 Å². The summed E-state index contributed by atoms with van der Waals surface area (Å²) in [5, 5.41) is 9.18. The summed E-state index contributed by atoms with van der Waals surface area (Å²) in [6, 6.07) is 7.25. The summed E-state index contributed by atoms with van der Waals surface area (Å²) >= 11 is 0. The van der Waals surface area contributed by atoms with Gasteiger partial charge in [0.1, 0.15) is 11.6 Å². The Balaban J connectivity index is 2.16. The molecular weight excluding hydrogens is 244 g/mol. The van der Waals surface area contributed by atoms with Gasteiger partial charge in [0.05, 0.1) is 11.8 Å². The highest BCUT2D eigenvalue weighted by Crippen LogP contribution is 2.25. The zero-order valence-electron chi connectivity index (χ0n) is 11.1. The zero-order valence-corrected chi connectivity index (χ0v) is 11.1. The zero-order chi connectivity index (χ0) is 13.8. The number of aryl methyl sites for hydroxylation is 1. The smallest absolute Gasteiger partial charge is 0.295 e. The first-order valence-electron chi connectivity index (χ1n) is 6.02. The number of H-pyrrole nitrogens is 1. The lowest BCUT2D eigenvalue weighted by molar-refractivity contribution is 0.101. The lowest BCUT2D eigenvalue weighted by Gasteiger charge is -2.14. The lowest BCUT2D eigenvalue weighted by atomic mass is 10.3. The van der Waals surface area contributed by atoms with Crippen LogP contribution in [0.25, 0.3) is 0 Å². The van der Waals surface area contributed by atoms with E-state index in [-0.39, 0.29) is 17.8 Å². The first-order valence-corrected chi connectivity index (χ1v) is 6.02. The third-order valence-electron chi connectivity index (χ3n) is 2.30. The highest BCUT2D eigenvalue weighted by molar-refractivity contribution is 6.02.